The zero-order chi connectivity index (χ0) is 18.9. The molecule has 0 aliphatic rings. The number of hydrogen-bond donors (Lipinski definition) is 2. The molecule has 0 aromatic heterocycles. The third-order valence-electron chi connectivity index (χ3n) is 3.66. The van der Waals surface area contributed by atoms with Gasteiger partial charge in [-0.25, -0.2) is 4.79 Å². The molecule has 1 aromatic carbocycles. The van der Waals surface area contributed by atoms with Crippen LogP contribution in [0.2, 0.25) is 0 Å². The second-order valence-corrected chi connectivity index (χ2v) is 7.22. The van der Waals surface area contributed by atoms with Crippen LogP contribution in [0.1, 0.15) is 52.0 Å². The highest BCUT2D eigenvalue weighted by molar-refractivity contribution is 5.87. The second kappa shape index (κ2) is 9.81. The van der Waals surface area contributed by atoms with Crippen LogP contribution in [-0.2, 0) is 20.9 Å². The van der Waals surface area contributed by atoms with Crippen LogP contribution in [0.3, 0.4) is 0 Å². The summed E-state index contributed by atoms with van der Waals surface area (Å²) in [4.78, 5) is 35.1. The van der Waals surface area contributed by atoms with Crippen molar-refractivity contribution < 1.29 is 24.2 Å². The SMILES string of the molecule is CC(C)(C)CCC(=O)C(CCC(=O)O)NC(=O)OCc1ccccc1. The number of nitrogens with one attached hydrogen (secondary N) is 1. The highest BCUT2D eigenvalue weighted by Gasteiger charge is 2.24. The Bertz CT molecular complexity index is 577. The number of alkyl carbamates (subject to hydrolysis) is 1. The van der Waals surface area contributed by atoms with Gasteiger partial charge in [0.1, 0.15) is 6.61 Å². The number of carbonyl (C=O) groups is 3. The summed E-state index contributed by atoms with van der Waals surface area (Å²) in [7, 11) is 0. The predicted molar refractivity (Wildman–Crippen MR) is 94.1 cm³/mol. The zero-order valence-corrected chi connectivity index (χ0v) is 15.1. The predicted octanol–water partition coefficient (Wildman–Crippen LogP) is 3.54. The van der Waals surface area contributed by atoms with Crippen molar-refractivity contribution in [3.8, 4) is 0 Å². The minimum Gasteiger partial charge on any atom is -0.481 e. The second-order valence-electron chi connectivity index (χ2n) is 7.22. The average Bonchev–Trinajstić information content (AvgIpc) is 2.54. The van der Waals surface area contributed by atoms with Crippen LogP contribution in [-0.4, -0.2) is 29.0 Å². The number of carboxylic acid groups (broad SMARTS) is 1. The van der Waals surface area contributed by atoms with Gasteiger partial charge in [0.25, 0.3) is 0 Å². The van der Waals surface area contributed by atoms with E-state index in [1.165, 1.54) is 0 Å². The number of ketones is 1. The molecule has 0 aliphatic carbocycles. The maximum absolute atomic E-state index is 12.3. The number of Topliss-reactive ketones (excluding diaryl/α,β-unsaturated/α-hetero) is 1. The lowest BCUT2D eigenvalue weighted by molar-refractivity contribution is -0.137. The Kier molecular flexibility index (Phi) is 8.11. The van der Waals surface area contributed by atoms with Crippen LogP contribution in [0, 0.1) is 5.41 Å². The van der Waals surface area contributed by atoms with Crippen LogP contribution in [0.25, 0.3) is 0 Å². The van der Waals surface area contributed by atoms with E-state index >= 15 is 0 Å². The van der Waals surface area contributed by atoms with Crippen molar-refractivity contribution in [2.45, 2.75) is 59.1 Å². The Balaban J connectivity index is 2.57. The lowest BCUT2D eigenvalue weighted by atomic mass is 9.88. The minimum atomic E-state index is -1.01. The Morgan fingerprint density at radius 3 is 2.32 bits per heavy atom. The molecule has 0 spiro atoms. The van der Waals surface area contributed by atoms with Crippen LogP contribution in [0.5, 0.6) is 0 Å². The van der Waals surface area contributed by atoms with E-state index in [1.54, 1.807) is 0 Å². The van der Waals surface area contributed by atoms with Gasteiger partial charge in [-0.05, 0) is 23.8 Å². The lowest BCUT2D eigenvalue weighted by Crippen LogP contribution is -2.41. The van der Waals surface area contributed by atoms with E-state index in [0.717, 1.165) is 5.56 Å². The zero-order valence-electron chi connectivity index (χ0n) is 15.1. The first-order valence-corrected chi connectivity index (χ1v) is 8.39. The third-order valence-corrected chi connectivity index (χ3v) is 3.66. The van der Waals surface area contributed by atoms with Crippen LogP contribution < -0.4 is 5.32 Å². The molecule has 1 amide bonds. The molecule has 2 N–H and O–H groups in total. The topological polar surface area (TPSA) is 92.7 Å². The smallest absolute Gasteiger partial charge is 0.408 e. The van der Waals surface area contributed by atoms with Gasteiger partial charge in [0.2, 0.25) is 0 Å². The van der Waals surface area contributed by atoms with Crippen LogP contribution in [0.15, 0.2) is 30.3 Å². The number of benzene rings is 1. The molecule has 0 heterocycles. The highest BCUT2D eigenvalue weighted by Crippen LogP contribution is 2.21. The van der Waals surface area contributed by atoms with Gasteiger partial charge < -0.3 is 15.2 Å². The van der Waals surface area contributed by atoms with Crippen molar-refractivity contribution in [1.29, 1.82) is 0 Å². The maximum atomic E-state index is 12.3. The fourth-order valence-corrected chi connectivity index (χ4v) is 2.16. The molecule has 0 aliphatic heterocycles. The van der Waals surface area contributed by atoms with Crippen molar-refractivity contribution in [2.24, 2.45) is 5.41 Å². The van der Waals surface area contributed by atoms with Crippen molar-refractivity contribution in [3.63, 3.8) is 0 Å². The number of ether oxygens (including phenoxy) is 1. The molecule has 0 saturated carbocycles. The van der Waals surface area contributed by atoms with E-state index in [-0.39, 0.29) is 37.1 Å². The summed E-state index contributed by atoms with van der Waals surface area (Å²) < 4.78 is 5.11. The van der Waals surface area contributed by atoms with Crippen molar-refractivity contribution in [2.75, 3.05) is 0 Å². The van der Waals surface area contributed by atoms with Crippen LogP contribution in [0.4, 0.5) is 4.79 Å². The van der Waals surface area contributed by atoms with E-state index in [1.807, 2.05) is 51.1 Å². The van der Waals surface area contributed by atoms with Gasteiger partial charge in [-0.1, -0.05) is 51.1 Å². The van der Waals surface area contributed by atoms with Gasteiger partial charge in [0.05, 0.1) is 6.04 Å². The molecule has 0 fully saturated rings. The summed E-state index contributed by atoms with van der Waals surface area (Å²) in [5.74, 6) is -1.18. The van der Waals surface area contributed by atoms with E-state index in [9.17, 15) is 14.4 Å². The first-order valence-electron chi connectivity index (χ1n) is 8.39. The fraction of sp³-hybridized carbons (Fsp3) is 0.526. The summed E-state index contributed by atoms with van der Waals surface area (Å²) in [6.45, 7) is 6.16. The van der Waals surface area contributed by atoms with Gasteiger partial charge >= 0.3 is 12.1 Å². The number of aliphatic carboxylic acids is 1. The van der Waals surface area contributed by atoms with E-state index in [0.29, 0.717) is 6.42 Å². The summed E-state index contributed by atoms with van der Waals surface area (Å²) >= 11 is 0. The summed E-state index contributed by atoms with van der Waals surface area (Å²) in [5.41, 5.74) is 0.819. The van der Waals surface area contributed by atoms with E-state index in [4.69, 9.17) is 9.84 Å². The lowest BCUT2D eigenvalue weighted by Gasteiger charge is -2.21. The molecule has 25 heavy (non-hydrogen) atoms. The van der Waals surface area contributed by atoms with Gasteiger partial charge in [-0.2, -0.15) is 0 Å². The van der Waals surface area contributed by atoms with E-state index < -0.39 is 18.1 Å². The fourth-order valence-electron chi connectivity index (χ4n) is 2.16. The molecule has 1 atom stereocenters. The number of hydrogen-bond acceptors (Lipinski definition) is 4. The molecule has 1 unspecified atom stereocenters. The molecule has 6 nitrogen and oxygen atoms in total. The first-order chi connectivity index (χ1) is 11.7. The van der Waals surface area contributed by atoms with Gasteiger partial charge in [0, 0.05) is 12.8 Å². The van der Waals surface area contributed by atoms with Crippen molar-refractivity contribution in [3.05, 3.63) is 35.9 Å². The quantitative estimate of drug-likeness (QED) is 0.711. The number of amides is 1. The maximum Gasteiger partial charge on any atom is 0.408 e. The van der Waals surface area contributed by atoms with Gasteiger partial charge in [-0.3, -0.25) is 9.59 Å². The first kappa shape index (κ1) is 20.7. The highest BCUT2D eigenvalue weighted by atomic mass is 16.5. The Hall–Kier alpha value is -2.37. The molecular formula is C19H27NO5. The van der Waals surface area contributed by atoms with Crippen LogP contribution >= 0.6 is 0 Å². The molecule has 0 saturated heterocycles. The van der Waals surface area contributed by atoms with Gasteiger partial charge in [-0.15, -0.1) is 0 Å². The van der Waals surface area contributed by atoms with Crippen molar-refractivity contribution >= 4 is 17.8 Å². The molecule has 1 aromatic rings. The summed E-state index contributed by atoms with van der Waals surface area (Å²) in [6.07, 6.45) is 0.0929. The molecular weight excluding hydrogens is 322 g/mol. The largest absolute Gasteiger partial charge is 0.481 e. The van der Waals surface area contributed by atoms with Crippen molar-refractivity contribution in [1.82, 2.24) is 5.32 Å². The van der Waals surface area contributed by atoms with Gasteiger partial charge in [0.15, 0.2) is 5.78 Å². The Morgan fingerprint density at radius 1 is 1.12 bits per heavy atom. The summed E-state index contributed by atoms with van der Waals surface area (Å²) in [6, 6.07) is 8.33. The molecule has 138 valence electrons. The molecule has 6 heteroatoms. The standard InChI is InChI=1S/C19H27NO5/c1-19(2,3)12-11-16(21)15(9-10-17(22)23)20-18(24)25-13-14-7-5-4-6-8-14/h4-8,15H,9-13H2,1-3H3,(H,20,24)(H,22,23). The molecule has 1 rings (SSSR count). The minimum absolute atomic E-state index is 0.0131. The Labute approximate surface area is 148 Å². The number of rotatable bonds is 9. The third kappa shape index (κ3) is 9.49. The van der Waals surface area contributed by atoms with E-state index in [2.05, 4.69) is 5.32 Å². The monoisotopic (exact) mass is 349 g/mol. The number of carboxylic acids is 1. The Morgan fingerprint density at radius 2 is 1.76 bits per heavy atom. The number of carbonyl (C=O) groups excluding carboxylic acids is 2. The average molecular weight is 349 g/mol. The summed E-state index contributed by atoms with van der Waals surface area (Å²) in [5, 5.41) is 11.3. The normalized spacial score (nSPS) is 12.3. The molecule has 0 radical (unpaired) electrons. The molecule has 0 bridgehead atoms.